The molecule has 0 spiro atoms. The van der Waals surface area contributed by atoms with E-state index in [2.05, 4.69) is 9.69 Å². The summed E-state index contributed by atoms with van der Waals surface area (Å²) < 4.78 is 15.2. The summed E-state index contributed by atoms with van der Waals surface area (Å²) in [6.45, 7) is 3.80. The van der Waals surface area contributed by atoms with Gasteiger partial charge in [-0.05, 0) is 73.6 Å². The van der Waals surface area contributed by atoms with E-state index in [4.69, 9.17) is 20.9 Å². The molecule has 0 unspecified atom stereocenters. The topological polar surface area (TPSA) is 150 Å². The summed E-state index contributed by atoms with van der Waals surface area (Å²) in [6, 6.07) is 9.44. The average Bonchev–Trinajstić information content (AvgIpc) is 3.57. The molecular formula is C28H33N5O5S. The fraction of sp³-hybridized carbons (Fsp3) is 0.357. The van der Waals surface area contributed by atoms with Gasteiger partial charge in [0.2, 0.25) is 5.91 Å². The van der Waals surface area contributed by atoms with Gasteiger partial charge in [0.25, 0.3) is 11.8 Å². The number of aryl methyl sites for hydroxylation is 1. The van der Waals surface area contributed by atoms with E-state index in [-0.39, 0.29) is 28.2 Å². The van der Waals surface area contributed by atoms with Crippen molar-refractivity contribution in [3.8, 4) is 11.5 Å². The lowest BCUT2D eigenvalue weighted by molar-refractivity contribution is -0.123. The summed E-state index contributed by atoms with van der Waals surface area (Å²) in [6.07, 6.45) is 3.75. The van der Waals surface area contributed by atoms with Crippen molar-refractivity contribution in [3.63, 3.8) is 0 Å². The van der Waals surface area contributed by atoms with Crippen LogP contribution in [0.3, 0.4) is 0 Å². The molecule has 10 nitrogen and oxygen atoms in total. The Hall–Kier alpha value is -4.12. The van der Waals surface area contributed by atoms with Crippen LogP contribution in [0.4, 0.5) is 11.4 Å². The molecule has 1 fully saturated rings. The Morgan fingerprint density at radius 2 is 1.82 bits per heavy atom. The molecule has 39 heavy (non-hydrogen) atoms. The molecule has 1 aliphatic rings. The first kappa shape index (κ1) is 27.9. The van der Waals surface area contributed by atoms with E-state index in [1.165, 1.54) is 19.1 Å². The SMILES string of the molecule is COc1ccc(OC)c([C@H](C(=O)NC2CCCC2)N(C(=O)c2snc(C(N)=O)c2N)c2cccc(C)c2C)c1. The third kappa shape index (κ3) is 5.53. The monoisotopic (exact) mass is 551 g/mol. The van der Waals surface area contributed by atoms with Crippen LogP contribution in [0.5, 0.6) is 11.5 Å². The van der Waals surface area contributed by atoms with Gasteiger partial charge in [-0.1, -0.05) is 25.0 Å². The lowest BCUT2D eigenvalue weighted by Gasteiger charge is -2.34. The summed E-state index contributed by atoms with van der Waals surface area (Å²) in [7, 11) is 3.03. The van der Waals surface area contributed by atoms with Gasteiger partial charge in [0.05, 0.1) is 19.9 Å². The van der Waals surface area contributed by atoms with Crippen molar-refractivity contribution in [1.29, 1.82) is 0 Å². The summed E-state index contributed by atoms with van der Waals surface area (Å²) in [5.74, 6) is -0.915. The van der Waals surface area contributed by atoms with Crippen molar-refractivity contribution < 1.29 is 23.9 Å². The number of rotatable bonds is 9. The lowest BCUT2D eigenvalue weighted by Crippen LogP contribution is -2.46. The van der Waals surface area contributed by atoms with Gasteiger partial charge in [0, 0.05) is 17.3 Å². The number of nitrogens with zero attached hydrogens (tertiary/aromatic N) is 2. The predicted molar refractivity (Wildman–Crippen MR) is 150 cm³/mol. The van der Waals surface area contributed by atoms with Gasteiger partial charge in [-0.2, -0.15) is 4.37 Å². The van der Waals surface area contributed by atoms with Gasteiger partial charge in [-0.3, -0.25) is 19.3 Å². The largest absolute Gasteiger partial charge is 0.497 e. The molecule has 1 aliphatic carbocycles. The number of benzene rings is 2. The second-order valence-electron chi connectivity index (χ2n) is 9.53. The fourth-order valence-corrected chi connectivity index (χ4v) is 5.64. The molecule has 0 radical (unpaired) electrons. The number of ether oxygens (including phenoxy) is 2. The van der Waals surface area contributed by atoms with E-state index in [9.17, 15) is 14.4 Å². The molecule has 2 aromatic carbocycles. The standard InChI is InChI=1S/C28H33N5O5S/c1-15-8-7-11-20(16(15)2)33(28(36)25-22(29)23(26(30)34)32-39-25)24(27(35)31-17-9-5-6-10-17)19-14-18(37-3)12-13-21(19)38-4/h7-8,11-14,17,24H,5-6,9-10,29H2,1-4H3,(H2,30,34)(H,31,35)/t24-/m1/s1. The predicted octanol–water partition coefficient (Wildman–Crippen LogP) is 3.91. The van der Waals surface area contributed by atoms with Gasteiger partial charge < -0.3 is 26.3 Å². The van der Waals surface area contributed by atoms with Crippen molar-refractivity contribution in [1.82, 2.24) is 9.69 Å². The number of hydrogen-bond donors (Lipinski definition) is 3. The first-order chi connectivity index (χ1) is 18.7. The maximum atomic E-state index is 14.4. The second-order valence-corrected chi connectivity index (χ2v) is 10.3. The van der Waals surface area contributed by atoms with Crippen LogP contribution in [0.2, 0.25) is 0 Å². The number of anilines is 2. The number of aromatic nitrogens is 1. The third-order valence-corrected chi connectivity index (χ3v) is 8.00. The van der Waals surface area contributed by atoms with Crippen LogP contribution < -0.4 is 31.2 Å². The zero-order chi connectivity index (χ0) is 28.3. The smallest absolute Gasteiger partial charge is 0.273 e. The number of carbonyl (C=O) groups is 3. The number of nitrogens with one attached hydrogen (secondary N) is 1. The quantitative estimate of drug-likeness (QED) is 0.365. The van der Waals surface area contributed by atoms with Gasteiger partial charge in [-0.25, -0.2) is 0 Å². The molecule has 0 saturated heterocycles. The third-order valence-electron chi connectivity index (χ3n) is 7.15. The van der Waals surface area contributed by atoms with Crippen molar-refractivity contribution in [2.45, 2.75) is 51.6 Å². The molecule has 3 amide bonds. The van der Waals surface area contributed by atoms with E-state index in [1.54, 1.807) is 24.3 Å². The Kier molecular flexibility index (Phi) is 8.39. The summed E-state index contributed by atoms with van der Waals surface area (Å²) in [5, 5.41) is 3.15. The number of carbonyl (C=O) groups excluding carboxylic acids is 3. The highest BCUT2D eigenvalue weighted by atomic mass is 32.1. The molecular weight excluding hydrogens is 518 g/mol. The van der Waals surface area contributed by atoms with Crippen LogP contribution >= 0.6 is 11.5 Å². The zero-order valence-electron chi connectivity index (χ0n) is 22.4. The number of hydrogen-bond acceptors (Lipinski definition) is 8. The Labute approximate surface area is 231 Å². The minimum absolute atomic E-state index is 0.00485. The Morgan fingerprint density at radius 1 is 1.10 bits per heavy atom. The number of nitrogen functional groups attached to an aromatic ring is 1. The molecule has 1 heterocycles. The number of nitrogens with two attached hydrogens (primary N) is 2. The van der Waals surface area contributed by atoms with Gasteiger partial charge in [-0.15, -0.1) is 0 Å². The van der Waals surface area contributed by atoms with E-state index in [0.717, 1.165) is 48.3 Å². The molecule has 1 aromatic heterocycles. The van der Waals surface area contributed by atoms with Crippen LogP contribution in [-0.2, 0) is 4.79 Å². The maximum Gasteiger partial charge on any atom is 0.273 e. The van der Waals surface area contributed by atoms with Crippen LogP contribution in [-0.4, -0.2) is 42.4 Å². The minimum Gasteiger partial charge on any atom is -0.497 e. The molecule has 5 N–H and O–H groups in total. The van der Waals surface area contributed by atoms with E-state index in [0.29, 0.717) is 22.7 Å². The van der Waals surface area contributed by atoms with E-state index < -0.39 is 17.9 Å². The Morgan fingerprint density at radius 3 is 2.44 bits per heavy atom. The Bertz CT molecular complexity index is 1400. The second kappa shape index (κ2) is 11.7. The normalized spacial score (nSPS) is 14.1. The van der Waals surface area contributed by atoms with E-state index in [1.807, 2.05) is 26.0 Å². The Balaban J connectivity index is 1.97. The molecule has 206 valence electrons. The molecule has 11 heteroatoms. The molecule has 0 aliphatic heterocycles. The number of amides is 3. The molecule has 0 bridgehead atoms. The zero-order valence-corrected chi connectivity index (χ0v) is 23.3. The van der Waals surface area contributed by atoms with Crippen molar-refractivity contribution in [3.05, 3.63) is 63.7 Å². The first-order valence-corrected chi connectivity index (χ1v) is 13.4. The minimum atomic E-state index is -1.16. The molecule has 3 aromatic rings. The highest BCUT2D eigenvalue weighted by Crippen LogP contribution is 2.40. The van der Waals surface area contributed by atoms with Crippen LogP contribution in [0.1, 0.15) is 68.6 Å². The average molecular weight is 552 g/mol. The van der Waals surface area contributed by atoms with Crippen LogP contribution in [0, 0.1) is 13.8 Å². The molecule has 4 rings (SSSR count). The summed E-state index contributed by atoms with van der Waals surface area (Å²) in [5.41, 5.74) is 14.0. The fourth-order valence-electron chi connectivity index (χ4n) is 4.90. The van der Waals surface area contributed by atoms with Gasteiger partial charge in [0.15, 0.2) is 5.69 Å². The molecule has 1 atom stereocenters. The molecule has 1 saturated carbocycles. The number of primary amides is 1. The maximum absolute atomic E-state index is 14.4. The van der Waals surface area contributed by atoms with Crippen molar-refractivity contribution in [2.24, 2.45) is 5.73 Å². The first-order valence-electron chi connectivity index (χ1n) is 12.6. The number of methoxy groups -OCH3 is 2. The van der Waals surface area contributed by atoms with Crippen LogP contribution in [0.15, 0.2) is 36.4 Å². The lowest BCUT2D eigenvalue weighted by atomic mass is 9.98. The highest BCUT2D eigenvalue weighted by Gasteiger charge is 2.39. The highest BCUT2D eigenvalue weighted by molar-refractivity contribution is 7.09. The summed E-state index contributed by atoms with van der Waals surface area (Å²) in [4.78, 5) is 41.9. The van der Waals surface area contributed by atoms with Crippen molar-refractivity contribution in [2.75, 3.05) is 24.9 Å². The van der Waals surface area contributed by atoms with E-state index >= 15 is 0 Å². The van der Waals surface area contributed by atoms with Gasteiger partial charge >= 0.3 is 0 Å². The van der Waals surface area contributed by atoms with Gasteiger partial charge in [0.1, 0.15) is 22.4 Å². The summed E-state index contributed by atoms with van der Waals surface area (Å²) >= 11 is 0.766. The van der Waals surface area contributed by atoms with Crippen LogP contribution in [0.25, 0.3) is 0 Å². The van der Waals surface area contributed by atoms with Crippen molar-refractivity contribution >= 4 is 40.6 Å².